The number of H-pyrrole nitrogens is 1. The van der Waals surface area contributed by atoms with Gasteiger partial charge in [0.05, 0.1) is 11.3 Å². The van der Waals surface area contributed by atoms with Crippen molar-refractivity contribution in [1.82, 2.24) is 19.6 Å². The van der Waals surface area contributed by atoms with Crippen LogP contribution in [0.25, 0.3) is 17.2 Å². The number of alkyl halides is 3. The van der Waals surface area contributed by atoms with Crippen LogP contribution in [-0.4, -0.2) is 19.6 Å². The fourth-order valence-corrected chi connectivity index (χ4v) is 2.62. The van der Waals surface area contributed by atoms with Crippen molar-refractivity contribution in [2.75, 3.05) is 0 Å². The van der Waals surface area contributed by atoms with E-state index in [0.717, 1.165) is 17.7 Å². The number of rotatable bonds is 4. The smallest absolute Gasteiger partial charge is 0.416 e. The van der Waals surface area contributed by atoms with Crippen LogP contribution < -0.4 is 10.3 Å². The van der Waals surface area contributed by atoms with E-state index in [9.17, 15) is 18.0 Å². The van der Waals surface area contributed by atoms with E-state index in [1.165, 1.54) is 22.7 Å². The highest BCUT2D eigenvalue weighted by molar-refractivity contribution is 5.56. The van der Waals surface area contributed by atoms with Crippen LogP contribution in [0.4, 0.5) is 13.2 Å². The van der Waals surface area contributed by atoms with E-state index in [1.807, 2.05) is 30.3 Å². The molecule has 4 rings (SSSR count). The molecule has 2 aromatic carbocycles. The van der Waals surface area contributed by atoms with Gasteiger partial charge in [-0.25, -0.2) is 4.98 Å². The normalized spacial score (nSPS) is 11.7. The quantitative estimate of drug-likeness (QED) is 0.581. The van der Waals surface area contributed by atoms with Crippen molar-refractivity contribution in [2.45, 2.75) is 12.8 Å². The molecule has 0 saturated heterocycles. The van der Waals surface area contributed by atoms with Crippen LogP contribution in [-0.2, 0) is 12.8 Å². The Labute approximate surface area is 156 Å². The molecule has 0 unspecified atom stereocenters. The molecule has 0 aliphatic heterocycles. The summed E-state index contributed by atoms with van der Waals surface area (Å²) in [6, 6.07) is 14.8. The molecule has 6 nitrogen and oxygen atoms in total. The molecule has 142 valence electrons. The summed E-state index contributed by atoms with van der Waals surface area (Å²) in [4.78, 5) is 20.9. The number of hydrogen-bond donors (Lipinski definition) is 1. The Bertz CT molecular complexity index is 1170. The predicted octanol–water partition coefficient (Wildman–Crippen LogP) is 3.68. The van der Waals surface area contributed by atoms with Crippen LogP contribution in [0.1, 0.15) is 11.3 Å². The lowest BCUT2D eigenvalue weighted by molar-refractivity contribution is -0.137. The van der Waals surface area contributed by atoms with Crippen molar-refractivity contribution in [3.63, 3.8) is 0 Å². The summed E-state index contributed by atoms with van der Waals surface area (Å²) in [5.41, 5.74) is -0.0146. The molecule has 4 aromatic rings. The minimum absolute atomic E-state index is 0.0787. The van der Waals surface area contributed by atoms with E-state index in [1.54, 1.807) is 0 Å². The molecule has 0 atom stereocenters. The molecule has 0 spiro atoms. The number of aromatic amines is 1. The Morgan fingerprint density at radius 2 is 1.71 bits per heavy atom. The van der Waals surface area contributed by atoms with Gasteiger partial charge in [-0.05, 0) is 24.3 Å². The van der Waals surface area contributed by atoms with E-state index < -0.39 is 11.7 Å². The second kappa shape index (κ2) is 6.84. The molecule has 9 heteroatoms. The molecular weight excluding hydrogens is 373 g/mol. The first-order valence-corrected chi connectivity index (χ1v) is 8.24. The summed E-state index contributed by atoms with van der Waals surface area (Å²) in [6.45, 7) is -0.0787. The van der Waals surface area contributed by atoms with Crippen LogP contribution in [0.15, 0.2) is 65.5 Å². The van der Waals surface area contributed by atoms with Crippen LogP contribution >= 0.6 is 0 Å². The van der Waals surface area contributed by atoms with E-state index >= 15 is 0 Å². The van der Waals surface area contributed by atoms with Crippen molar-refractivity contribution in [1.29, 1.82) is 0 Å². The number of aromatic nitrogens is 4. The molecule has 0 radical (unpaired) electrons. The molecule has 0 aliphatic rings. The molecule has 1 N–H and O–H groups in total. The zero-order chi connectivity index (χ0) is 19.7. The van der Waals surface area contributed by atoms with E-state index in [2.05, 4.69) is 15.1 Å². The van der Waals surface area contributed by atoms with Gasteiger partial charge in [-0.3, -0.25) is 9.89 Å². The fraction of sp³-hybridized carbons (Fsp3) is 0.105. The molecule has 0 fully saturated rings. The van der Waals surface area contributed by atoms with Gasteiger partial charge >= 0.3 is 6.18 Å². The summed E-state index contributed by atoms with van der Waals surface area (Å²) in [5.74, 6) is 0.908. The number of nitrogens with one attached hydrogen (secondary N) is 1. The minimum atomic E-state index is -4.41. The highest BCUT2D eigenvalue weighted by Crippen LogP contribution is 2.30. The van der Waals surface area contributed by atoms with E-state index in [-0.39, 0.29) is 23.7 Å². The number of ether oxygens (including phenoxy) is 1. The summed E-state index contributed by atoms with van der Waals surface area (Å²) in [7, 11) is 0. The average molecular weight is 386 g/mol. The maximum Gasteiger partial charge on any atom is 0.416 e. The highest BCUT2D eigenvalue weighted by Gasteiger charge is 2.30. The van der Waals surface area contributed by atoms with Gasteiger partial charge in [-0.1, -0.05) is 30.3 Å². The van der Waals surface area contributed by atoms with Crippen molar-refractivity contribution >= 4 is 5.78 Å². The number of halogens is 3. The van der Waals surface area contributed by atoms with Gasteiger partial charge in [0.15, 0.2) is 5.82 Å². The standard InChI is InChI=1S/C19H13F3N4O2/c20-19(21,22)13-6-8-15(9-7-13)28-11-14-10-16(27)26-18(23-14)24-17(25-26)12-4-2-1-3-5-12/h1-10H,11H2,(H,23,24,25). The number of fused-ring (bicyclic) bond motifs is 1. The van der Waals surface area contributed by atoms with Crippen LogP contribution in [0, 0.1) is 0 Å². The molecule has 2 aromatic heterocycles. The Hall–Kier alpha value is -3.62. The summed E-state index contributed by atoms with van der Waals surface area (Å²) < 4.78 is 44.4. The third kappa shape index (κ3) is 3.59. The zero-order valence-corrected chi connectivity index (χ0v) is 14.3. The van der Waals surface area contributed by atoms with Gasteiger partial charge in [-0.2, -0.15) is 22.7 Å². The minimum Gasteiger partial charge on any atom is -0.487 e. The predicted molar refractivity (Wildman–Crippen MR) is 94.8 cm³/mol. The summed E-state index contributed by atoms with van der Waals surface area (Å²) >= 11 is 0. The summed E-state index contributed by atoms with van der Waals surface area (Å²) in [5, 5.41) is 2.88. The zero-order valence-electron chi connectivity index (χ0n) is 14.3. The monoisotopic (exact) mass is 386 g/mol. The van der Waals surface area contributed by atoms with Gasteiger partial charge in [0.1, 0.15) is 12.4 Å². The van der Waals surface area contributed by atoms with Crippen molar-refractivity contribution in [2.24, 2.45) is 0 Å². The van der Waals surface area contributed by atoms with Crippen LogP contribution in [0.3, 0.4) is 0 Å². The molecule has 0 aliphatic carbocycles. The lowest BCUT2D eigenvalue weighted by Crippen LogP contribution is -2.16. The second-order valence-electron chi connectivity index (χ2n) is 5.97. The number of nitrogens with zero attached hydrogens (tertiary/aromatic N) is 3. The van der Waals surface area contributed by atoms with Crippen molar-refractivity contribution < 1.29 is 17.9 Å². The first-order chi connectivity index (χ1) is 13.4. The van der Waals surface area contributed by atoms with Crippen LogP contribution in [0.5, 0.6) is 5.75 Å². The van der Waals surface area contributed by atoms with E-state index in [4.69, 9.17) is 4.74 Å². The van der Waals surface area contributed by atoms with E-state index in [0.29, 0.717) is 11.5 Å². The van der Waals surface area contributed by atoms with Crippen molar-refractivity contribution in [3.05, 3.63) is 82.3 Å². The van der Waals surface area contributed by atoms with Gasteiger partial charge in [0, 0.05) is 11.6 Å². The molecule has 0 saturated carbocycles. The second-order valence-corrected chi connectivity index (χ2v) is 5.97. The molecule has 0 amide bonds. The average Bonchev–Trinajstić information content (AvgIpc) is 3.12. The number of hydrogen-bond acceptors (Lipinski definition) is 4. The molecule has 0 bridgehead atoms. The van der Waals surface area contributed by atoms with Gasteiger partial charge in [0.25, 0.3) is 11.3 Å². The first-order valence-electron chi connectivity index (χ1n) is 8.24. The van der Waals surface area contributed by atoms with Gasteiger partial charge < -0.3 is 4.74 Å². The maximum atomic E-state index is 12.6. The highest BCUT2D eigenvalue weighted by atomic mass is 19.4. The Balaban J connectivity index is 1.55. The molecule has 2 heterocycles. The molecular formula is C19H13F3N4O2. The van der Waals surface area contributed by atoms with Crippen molar-refractivity contribution in [3.8, 4) is 17.1 Å². The fourth-order valence-electron chi connectivity index (χ4n) is 2.62. The SMILES string of the molecule is O=c1cc(COc2ccc(C(F)(F)F)cc2)nc2nc(-c3ccccc3)[nH]n12. The lowest BCUT2D eigenvalue weighted by Gasteiger charge is -2.08. The third-order valence-corrected chi connectivity index (χ3v) is 4.00. The Kier molecular flexibility index (Phi) is 4.34. The largest absolute Gasteiger partial charge is 0.487 e. The maximum absolute atomic E-state index is 12.6. The van der Waals surface area contributed by atoms with Crippen LogP contribution in [0.2, 0.25) is 0 Å². The van der Waals surface area contributed by atoms with Gasteiger partial charge in [-0.15, -0.1) is 0 Å². The Morgan fingerprint density at radius 3 is 2.39 bits per heavy atom. The first kappa shape index (κ1) is 17.8. The third-order valence-electron chi connectivity index (χ3n) is 4.00. The topological polar surface area (TPSA) is 72.3 Å². The van der Waals surface area contributed by atoms with Gasteiger partial charge in [0.2, 0.25) is 0 Å². The number of benzene rings is 2. The lowest BCUT2D eigenvalue weighted by atomic mass is 10.2. The summed E-state index contributed by atoms with van der Waals surface area (Å²) in [6.07, 6.45) is -4.41. The molecule has 28 heavy (non-hydrogen) atoms. The Morgan fingerprint density at radius 1 is 1.00 bits per heavy atom.